The predicted octanol–water partition coefficient (Wildman–Crippen LogP) is 6.51. The van der Waals surface area contributed by atoms with Gasteiger partial charge in [0.2, 0.25) is 0 Å². The molecule has 6 aliphatic rings. The molecule has 6 fully saturated rings. The number of aliphatic hydroxyl groups is 1. The van der Waals surface area contributed by atoms with Crippen LogP contribution in [-0.2, 0) is 51.0 Å². The summed E-state index contributed by atoms with van der Waals surface area (Å²) in [4.78, 5) is 59.5. The van der Waals surface area contributed by atoms with Gasteiger partial charge in [-0.3, -0.25) is 29.4 Å². The number of hydrogen-bond donors (Lipinski definition) is 3. The summed E-state index contributed by atoms with van der Waals surface area (Å²) in [5, 5.41) is 19.1. The number of ether oxygens (including phenoxy) is 6. The molecule has 3 N–H and O–H groups in total. The number of piperazine rings is 1. The highest BCUT2D eigenvalue weighted by Gasteiger charge is 2.54. The molecule has 1 aliphatic carbocycles. The lowest BCUT2D eigenvalue weighted by Crippen LogP contribution is -2.70. The number of aliphatic hydroxyl groups excluding tert-OH is 1. The Morgan fingerprint density at radius 1 is 0.974 bits per heavy atom. The minimum atomic E-state index is -1.14. The number of carbonyl (C=O) groups excluding carboxylic acids is 3. The second-order valence-corrected chi connectivity index (χ2v) is 24.9. The van der Waals surface area contributed by atoms with Crippen LogP contribution in [0.1, 0.15) is 108 Å². The SMILES string of the molecule is COC(=O)[C@@H]1CCCN(C(=O)[C@@H](NC(=O)OC(C)(C)C)[C@@H](c2nc(-c3ccc4c(c3)c(CC(C)(C)CO)c(-c3cc(N5CCN(C6CC6)CC5)cnc3[C@H](C)OC)n4CCOC3CCOCC3)cs2)N2CC3(COC3)C2)N1. The number of nitrogens with one attached hydrogen (secondary N) is 2. The van der Waals surface area contributed by atoms with E-state index in [4.69, 9.17) is 38.4 Å². The smallest absolute Gasteiger partial charge is 0.408 e. The molecule has 77 heavy (non-hydrogen) atoms. The largest absolute Gasteiger partial charge is 0.468 e. The molecule has 0 radical (unpaired) electrons. The number of methoxy groups -OCH3 is 2. The normalized spacial score (nSPS) is 21.9. The Bertz CT molecular complexity index is 2730. The monoisotopic (exact) mass is 1080 g/mol. The van der Waals surface area contributed by atoms with Gasteiger partial charge in [0.1, 0.15) is 22.7 Å². The Morgan fingerprint density at radius 2 is 1.73 bits per heavy atom. The van der Waals surface area contributed by atoms with Crippen molar-refractivity contribution < 1.29 is 47.9 Å². The van der Waals surface area contributed by atoms with Crippen molar-refractivity contribution in [2.75, 3.05) is 105 Å². The maximum Gasteiger partial charge on any atom is 0.408 e. The lowest BCUT2D eigenvalue weighted by Gasteiger charge is -2.57. The lowest BCUT2D eigenvalue weighted by atomic mass is 9.76. The Balaban J connectivity index is 1.07. The molecule has 4 atom stereocenters. The Labute approximate surface area is 457 Å². The van der Waals surface area contributed by atoms with Crippen molar-refractivity contribution >= 4 is 45.9 Å². The number of likely N-dealkylation sites (tertiary alicyclic amines) is 1. The number of carbonyl (C=O) groups is 3. The summed E-state index contributed by atoms with van der Waals surface area (Å²) in [6.45, 7) is 20.8. The zero-order valence-corrected chi connectivity index (χ0v) is 47.3. The van der Waals surface area contributed by atoms with Crippen LogP contribution in [0.25, 0.3) is 33.4 Å². The third-order valence-corrected chi connectivity index (χ3v) is 17.2. The van der Waals surface area contributed by atoms with Crippen molar-refractivity contribution in [2.24, 2.45) is 10.8 Å². The van der Waals surface area contributed by atoms with E-state index in [2.05, 4.69) is 68.1 Å². The molecule has 3 aromatic heterocycles. The molecule has 1 saturated carbocycles. The fourth-order valence-electron chi connectivity index (χ4n) is 11.8. The number of fused-ring (bicyclic) bond motifs is 1. The second-order valence-electron chi connectivity index (χ2n) is 24.0. The molecular weight excluding hydrogens is 1000 g/mol. The van der Waals surface area contributed by atoms with Crippen LogP contribution in [0.15, 0.2) is 35.8 Å². The van der Waals surface area contributed by atoms with Gasteiger partial charge in [0.05, 0.1) is 74.1 Å². The molecule has 19 nitrogen and oxygen atoms in total. The van der Waals surface area contributed by atoms with Crippen molar-refractivity contribution in [3.05, 3.63) is 52.1 Å². The van der Waals surface area contributed by atoms with Crippen molar-refractivity contribution in [3.8, 4) is 22.5 Å². The standard InChI is InChI=1S/C57H81N9O10S/c1-36(71-7)47-42(27-39(29-58-47)63-20-18-62(19-21-63)38-12-13-38)49-43(28-56(5,6)33-67)41-26-37(11-14-46(41)65(49)22-25-75-40-15-23-73-24-16-40)45-30-77-51(59-45)50(64-31-57(32-64)34-74-35-57)48(60-54(70)76-55(2,3)4)52(68)66-17-9-10-44(61-66)53(69)72-8/h11,14,26-27,29-30,36,38,40,44,48,50,61,67H,9-10,12-13,15-25,28,31-35H2,1-8H3,(H,60,70)/t36-,44-,48-,50-/m0/s1. The molecule has 8 heterocycles. The fourth-order valence-corrected chi connectivity index (χ4v) is 12.8. The van der Waals surface area contributed by atoms with E-state index < -0.39 is 47.1 Å². The van der Waals surface area contributed by atoms with Gasteiger partial charge in [-0.15, -0.1) is 11.3 Å². The highest BCUT2D eigenvalue weighted by Crippen LogP contribution is 2.46. The summed E-state index contributed by atoms with van der Waals surface area (Å²) < 4.78 is 37.3. The first-order valence-electron chi connectivity index (χ1n) is 27.9. The number of aromatic nitrogens is 3. The number of alkyl carbamates (subject to hydrolysis) is 1. The van der Waals surface area contributed by atoms with Crippen LogP contribution >= 0.6 is 11.3 Å². The van der Waals surface area contributed by atoms with E-state index in [0.29, 0.717) is 83.5 Å². The summed E-state index contributed by atoms with van der Waals surface area (Å²) in [6, 6.07) is 6.99. The number of anilines is 1. The highest BCUT2D eigenvalue weighted by molar-refractivity contribution is 7.10. The Morgan fingerprint density at radius 3 is 2.39 bits per heavy atom. The molecule has 20 heteroatoms. The van der Waals surface area contributed by atoms with Crippen LogP contribution in [-0.4, -0.2) is 182 Å². The summed E-state index contributed by atoms with van der Waals surface area (Å²) in [6.07, 6.45) is 6.99. The minimum Gasteiger partial charge on any atom is -0.468 e. The van der Waals surface area contributed by atoms with Crippen LogP contribution in [0.3, 0.4) is 0 Å². The maximum absolute atomic E-state index is 15.0. The molecule has 0 bridgehead atoms. The zero-order valence-electron chi connectivity index (χ0n) is 46.4. The van der Waals surface area contributed by atoms with Gasteiger partial charge in [-0.2, -0.15) is 0 Å². The molecule has 1 spiro atoms. The minimum absolute atomic E-state index is 0.0230. The highest BCUT2D eigenvalue weighted by atomic mass is 32.1. The van der Waals surface area contributed by atoms with E-state index in [1.165, 1.54) is 36.3 Å². The van der Waals surface area contributed by atoms with Gasteiger partial charge in [-0.05, 0) is 102 Å². The van der Waals surface area contributed by atoms with Gasteiger partial charge in [0, 0.05) is 118 Å². The number of nitrogens with zero attached hydrogens (tertiary/aromatic N) is 7. The lowest BCUT2D eigenvalue weighted by molar-refractivity contribution is -0.202. The van der Waals surface area contributed by atoms with E-state index in [-0.39, 0.29) is 24.2 Å². The van der Waals surface area contributed by atoms with Crippen LogP contribution in [0, 0.1) is 10.8 Å². The van der Waals surface area contributed by atoms with Crippen LogP contribution in [0.2, 0.25) is 0 Å². The number of rotatable bonds is 19. The summed E-state index contributed by atoms with van der Waals surface area (Å²) >= 11 is 1.44. The summed E-state index contributed by atoms with van der Waals surface area (Å²) in [5.41, 5.74) is 9.37. The third-order valence-electron chi connectivity index (χ3n) is 16.3. The van der Waals surface area contributed by atoms with E-state index in [9.17, 15) is 14.7 Å². The van der Waals surface area contributed by atoms with Crippen molar-refractivity contribution in [2.45, 2.75) is 135 Å². The van der Waals surface area contributed by atoms with Crippen LogP contribution in [0.5, 0.6) is 0 Å². The van der Waals surface area contributed by atoms with E-state index in [1.807, 2.05) is 18.5 Å². The van der Waals surface area contributed by atoms with Crippen molar-refractivity contribution in [1.82, 2.24) is 40.1 Å². The molecule has 5 saturated heterocycles. The summed E-state index contributed by atoms with van der Waals surface area (Å²) in [7, 11) is 3.06. The Kier molecular flexibility index (Phi) is 16.7. The predicted molar refractivity (Wildman–Crippen MR) is 293 cm³/mol. The average molecular weight is 1080 g/mol. The first-order valence-corrected chi connectivity index (χ1v) is 28.7. The van der Waals surface area contributed by atoms with Crippen LogP contribution < -0.4 is 15.6 Å². The third kappa shape index (κ3) is 12.4. The number of hydrogen-bond acceptors (Lipinski definition) is 17. The molecule has 1 aromatic carbocycles. The van der Waals surface area contributed by atoms with Gasteiger partial charge < -0.3 is 48.3 Å². The second kappa shape index (κ2) is 23.1. The molecule has 420 valence electrons. The molecular formula is C57H81N9O10S. The first kappa shape index (κ1) is 55.5. The number of thiazole rings is 1. The molecule has 5 aliphatic heterocycles. The van der Waals surface area contributed by atoms with Crippen molar-refractivity contribution in [3.63, 3.8) is 0 Å². The van der Waals surface area contributed by atoms with Gasteiger partial charge in [-0.25, -0.2) is 15.2 Å². The number of esters is 1. The van der Waals surface area contributed by atoms with Gasteiger partial charge in [0.15, 0.2) is 0 Å². The summed E-state index contributed by atoms with van der Waals surface area (Å²) in [5.74, 6) is -0.876. The number of hydrazine groups is 1. The van der Waals surface area contributed by atoms with Crippen LogP contribution in [0.4, 0.5) is 10.5 Å². The number of pyridine rings is 1. The molecule has 0 unspecified atom stereocenters. The van der Waals surface area contributed by atoms with E-state index in [0.717, 1.165) is 95.4 Å². The topological polar surface area (TPSA) is 195 Å². The zero-order chi connectivity index (χ0) is 54.2. The fraction of sp³-hybridized carbons (Fsp3) is 0.667. The maximum atomic E-state index is 15.0. The Hall–Kier alpha value is -4.77. The average Bonchev–Trinajstić information content (AvgIpc) is 4.12. The first-order chi connectivity index (χ1) is 37.0. The van der Waals surface area contributed by atoms with E-state index in [1.54, 1.807) is 27.9 Å². The van der Waals surface area contributed by atoms with Gasteiger partial charge in [-0.1, -0.05) is 19.9 Å². The molecule has 2 amide bonds. The quantitative estimate of drug-likeness (QED) is 0.0860. The van der Waals surface area contributed by atoms with Gasteiger partial charge in [0.25, 0.3) is 5.91 Å². The van der Waals surface area contributed by atoms with E-state index >= 15 is 4.79 Å². The van der Waals surface area contributed by atoms with Gasteiger partial charge >= 0.3 is 12.1 Å². The number of amides is 2. The molecule has 10 rings (SSSR count). The van der Waals surface area contributed by atoms with Crippen molar-refractivity contribution in [1.29, 1.82) is 0 Å². The number of benzene rings is 1. The molecule has 4 aromatic rings.